The molecule has 6 nitrogen and oxygen atoms in total. The summed E-state index contributed by atoms with van der Waals surface area (Å²) in [6, 6.07) is 2.08. The van der Waals surface area contributed by atoms with Crippen molar-refractivity contribution in [3.05, 3.63) is 23.5 Å². The minimum atomic E-state index is -3.86. The van der Waals surface area contributed by atoms with Crippen LogP contribution in [0.3, 0.4) is 0 Å². The smallest absolute Gasteiger partial charge is 0.324 e. The second-order valence-corrected chi connectivity index (χ2v) is 6.66. The molecule has 0 aromatic carbocycles. The topological polar surface area (TPSA) is 76.6 Å². The van der Waals surface area contributed by atoms with Gasteiger partial charge in [0.05, 0.1) is 7.11 Å². The van der Waals surface area contributed by atoms with Crippen LogP contribution in [0.25, 0.3) is 0 Å². The van der Waals surface area contributed by atoms with E-state index < -0.39 is 22.0 Å². The highest BCUT2D eigenvalue weighted by molar-refractivity contribution is 7.89. The third-order valence-electron chi connectivity index (χ3n) is 3.24. The van der Waals surface area contributed by atoms with Crippen LogP contribution in [0.15, 0.2) is 23.2 Å². The van der Waals surface area contributed by atoms with E-state index in [1.165, 1.54) is 25.4 Å². The highest BCUT2D eigenvalue weighted by atomic mass is 35.5. The van der Waals surface area contributed by atoms with Gasteiger partial charge in [0.25, 0.3) is 0 Å². The zero-order chi connectivity index (χ0) is 14.8. The summed E-state index contributed by atoms with van der Waals surface area (Å²) in [5, 5.41) is -0.0957. The lowest BCUT2D eigenvalue weighted by molar-refractivity contribution is -0.146. The molecule has 0 saturated carbocycles. The Labute approximate surface area is 122 Å². The molecule has 2 rings (SSSR count). The Bertz CT molecular complexity index is 605. The van der Waals surface area contributed by atoms with Crippen LogP contribution in [0.5, 0.6) is 0 Å². The number of sulfonamides is 1. The molecule has 0 bridgehead atoms. The molecule has 1 atom stereocenters. The predicted molar refractivity (Wildman–Crippen MR) is 72.8 cm³/mol. The van der Waals surface area contributed by atoms with Gasteiger partial charge >= 0.3 is 5.97 Å². The molecule has 8 heteroatoms. The summed E-state index contributed by atoms with van der Waals surface area (Å²) in [5.74, 6) is -0.548. The van der Waals surface area contributed by atoms with Gasteiger partial charge in [0.1, 0.15) is 16.1 Å². The number of rotatable bonds is 3. The quantitative estimate of drug-likeness (QED) is 0.623. The number of hydrogen-bond acceptors (Lipinski definition) is 5. The van der Waals surface area contributed by atoms with Crippen molar-refractivity contribution in [2.24, 2.45) is 0 Å². The second kappa shape index (κ2) is 6.07. The summed E-state index contributed by atoms with van der Waals surface area (Å²) >= 11 is 5.86. The number of hydrogen-bond donors (Lipinski definition) is 0. The summed E-state index contributed by atoms with van der Waals surface area (Å²) in [7, 11) is -2.61. The molecular weight excluding hydrogens is 304 g/mol. The van der Waals surface area contributed by atoms with Gasteiger partial charge in [-0.05, 0) is 31.4 Å². The van der Waals surface area contributed by atoms with Gasteiger partial charge in [0.2, 0.25) is 10.0 Å². The molecule has 1 saturated heterocycles. The molecule has 0 N–H and O–H groups in total. The summed E-state index contributed by atoms with van der Waals surface area (Å²) in [4.78, 5) is 15.5. The van der Waals surface area contributed by atoms with Crippen LogP contribution in [0.4, 0.5) is 0 Å². The third-order valence-corrected chi connectivity index (χ3v) is 5.59. The first-order valence-corrected chi connectivity index (χ1v) is 8.00. The van der Waals surface area contributed by atoms with Crippen molar-refractivity contribution in [3.63, 3.8) is 0 Å². The second-order valence-electron chi connectivity index (χ2n) is 4.44. The Morgan fingerprint density at radius 2 is 2.25 bits per heavy atom. The van der Waals surface area contributed by atoms with Crippen molar-refractivity contribution in [3.8, 4) is 0 Å². The van der Waals surface area contributed by atoms with Crippen LogP contribution in [-0.2, 0) is 19.6 Å². The van der Waals surface area contributed by atoms with E-state index >= 15 is 0 Å². The van der Waals surface area contributed by atoms with Crippen molar-refractivity contribution in [1.82, 2.24) is 9.29 Å². The van der Waals surface area contributed by atoms with E-state index in [1.54, 1.807) is 0 Å². The summed E-state index contributed by atoms with van der Waals surface area (Å²) < 4.78 is 31.1. The van der Waals surface area contributed by atoms with E-state index in [2.05, 4.69) is 9.72 Å². The fraction of sp³-hybridized carbons (Fsp3) is 0.500. The number of methoxy groups -OCH3 is 1. The Balaban J connectivity index is 2.41. The van der Waals surface area contributed by atoms with E-state index in [1.807, 2.05) is 0 Å². The van der Waals surface area contributed by atoms with E-state index in [4.69, 9.17) is 11.6 Å². The first kappa shape index (κ1) is 15.2. The van der Waals surface area contributed by atoms with Gasteiger partial charge in [-0.3, -0.25) is 4.79 Å². The SMILES string of the molecule is COC(=O)C1CCCCN1S(=O)(=O)c1cccnc1Cl. The lowest BCUT2D eigenvalue weighted by Gasteiger charge is -2.32. The minimum Gasteiger partial charge on any atom is -0.468 e. The normalized spacial score (nSPS) is 20.6. The van der Waals surface area contributed by atoms with Crippen molar-refractivity contribution in [2.75, 3.05) is 13.7 Å². The van der Waals surface area contributed by atoms with E-state index in [0.29, 0.717) is 12.8 Å². The highest BCUT2D eigenvalue weighted by Crippen LogP contribution is 2.28. The molecule has 0 aliphatic carbocycles. The van der Waals surface area contributed by atoms with Gasteiger partial charge in [-0.25, -0.2) is 13.4 Å². The monoisotopic (exact) mass is 318 g/mol. The molecule has 1 aromatic heterocycles. The molecule has 0 amide bonds. The first-order valence-electron chi connectivity index (χ1n) is 6.18. The number of ether oxygens (including phenoxy) is 1. The van der Waals surface area contributed by atoms with Crippen LogP contribution in [0.1, 0.15) is 19.3 Å². The van der Waals surface area contributed by atoms with Crippen LogP contribution in [0, 0.1) is 0 Å². The molecule has 1 aromatic rings. The zero-order valence-corrected chi connectivity index (χ0v) is 12.5. The maximum atomic E-state index is 12.6. The molecule has 1 aliphatic rings. The molecule has 2 heterocycles. The van der Waals surface area contributed by atoms with E-state index in [9.17, 15) is 13.2 Å². The Hall–Kier alpha value is -1.18. The maximum absolute atomic E-state index is 12.6. The van der Waals surface area contributed by atoms with Gasteiger partial charge in [-0.15, -0.1) is 0 Å². The number of esters is 1. The van der Waals surface area contributed by atoms with Crippen LogP contribution < -0.4 is 0 Å². The lowest BCUT2D eigenvalue weighted by Crippen LogP contribution is -2.48. The van der Waals surface area contributed by atoms with Crippen LogP contribution in [0.2, 0.25) is 5.15 Å². The Morgan fingerprint density at radius 1 is 1.50 bits per heavy atom. The molecular formula is C12H15ClN2O4S. The largest absolute Gasteiger partial charge is 0.468 e. The predicted octanol–water partition coefficient (Wildman–Crippen LogP) is 1.45. The summed E-state index contributed by atoms with van der Waals surface area (Å²) in [6.07, 6.45) is 3.34. The number of nitrogens with zero attached hydrogens (tertiary/aromatic N) is 2. The molecule has 1 unspecified atom stereocenters. The van der Waals surface area contributed by atoms with Crippen LogP contribution in [-0.4, -0.2) is 43.4 Å². The standard InChI is InChI=1S/C12H15ClN2O4S/c1-19-12(16)9-5-2-3-8-15(9)20(17,18)10-6-4-7-14-11(10)13/h4,6-7,9H,2-3,5,8H2,1H3. The number of pyridine rings is 1. The Kier molecular flexibility index (Phi) is 4.62. The van der Waals surface area contributed by atoms with Crippen molar-refractivity contribution < 1.29 is 17.9 Å². The summed E-state index contributed by atoms with van der Waals surface area (Å²) in [5.41, 5.74) is 0. The minimum absolute atomic E-state index is 0.0857. The molecule has 0 radical (unpaired) electrons. The van der Waals surface area contributed by atoms with Crippen molar-refractivity contribution in [2.45, 2.75) is 30.2 Å². The summed E-state index contributed by atoms with van der Waals surface area (Å²) in [6.45, 7) is 0.271. The number of aromatic nitrogens is 1. The number of carbonyl (C=O) groups is 1. The Morgan fingerprint density at radius 3 is 2.90 bits per heavy atom. The maximum Gasteiger partial charge on any atom is 0.324 e. The van der Waals surface area contributed by atoms with Gasteiger partial charge < -0.3 is 4.74 Å². The molecule has 1 aliphatic heterocycles. The van der Waals surface area contributed by atoms with Crippen molar-refractivity contribution >= 4 is 27.6 Å². The molecule has 20 heavy (non-hydrogen) atoms. The van der Waals surface area contributed by atoms with Crippen LogP contribution >= 0.6 is 11.6 Å². The number of carbonyl (C=O) groups excluding carboxylic acids is 1. The average Bonchev–Trinajstić information content (AvgIpc) is 2.46. The van der Waals surface area contributed by atoms with E-state index in [-0.39, 0.29) is 16.6 Å². The number of halogens is 1. The molecule has 110 valence electrons. The van der Waals surface area contributed by atoms with Gasteiger partial charge in [-0.2, -0.15) is 4.31 Å². The zero-order valence-electron chi connectivity index (χ0n) is 11.0. The fourth-order valence-corrected chi connectivity index (χ4v) is 4.33. The van der Waals surface area contributed by atoms with E-state index in [0.717, 1.165) is 10.7 Å². The van der Waals surface area contributed by atoms with Gasteiger partial charge in [-0.1, -0.05) is 11.6 Å². The highest BCUT2D eigenvalue weighted by Gasteiger charge is 2.39. The van der Waals surface area contributed by atoms with Crippen molar-refractivity contribution in [1.29, 1.82) is 0 Å². The van der Waals surface area contributed by atoms with Gasteiger partial charge in [0, 0.05) is 12.7 Å². The fourth-order valence-electron chi connectivity index (χ4n) is 2.25. The third kappa shape index (κ3) is 2.79. The molecule has 0 spiro atoms. The average molecular weight is 319 g/mol. The number of piperidine rings is 1. The van der Waals surface area contributed by atoms with Gasteiger partial charge in [0.15, 0.2) is 0 Å². The first-order chi connectivity index (χ1) is 9.48. The lowest BCUT2D eigenvalue weighted by atomic mass is 10.1. The molecule has 1 fully saturated rings.